The largest absolute Gasteiger partial charge is 0.394 e. The van der Waals surface area contributed by atoms with Crippen molar-refractivity contribution in [3.8, 4) is 0 Å². The highest BCUT2D eigenvalue weighted by Crippen LogP contribution is 2.32. The van der Waals surface area contributed by atoms with Gasteiger partial charge in [0, 0.05) is 9.77 Å². The Morgan fingerprint density at radius 3 is 2.69 bits per heavy atom. The summed E-state index contributed by atoms with van der Waals surface area (Å²) in [5, 5.41) is 29.4. The fraction of sp³-hybridized carbons (Fsp3) is 0.438. The molecule has 0 radical (unpaired) electrons. The SMILES string of the molecule is NC(=O)C(c1cccc(I)c1)N1C=C(N)N([C@@H]2O[C@H](CO)[C@@H](O)[C@H]2O)C1. The molecule has 3 rings (SSSR count). The molecule has 0 saturated carbocycles. The van der Waals surface area contributed by atoms with Gasteiger partial charge in [-0.05, 0) is 40.3 Å². The minimum Gasteiger partial charge on any atom is -0.394 e. The van der Waals surface area contributed by atoms with Crippen LogP contribution in [0.15, 0.2) is 36.3 Å². The maximum atomic E-state index is 12.1. The van der Waals surface area contributed by atoms with E-state index in [0.717, 1.165) is 9.13 Å². The molecule has 1 fully saturated rings. The Hall–Kier alpha value is -1.60. The molecule has 1 unspecified atom stereocenters. The first kappa shape index (κ1) is 19.2. The van der Waals surface area contributed by atoms with E-state index in [0.29, 0.717) is 0 Å². The standard InChI is InChI=1S/C16H21IN4O5/c17-9-3-1-2-8(4-9)12(15(19)25)20-5-11(18)21(7-20)16-14(24)13(23)10(6-22)26-16/h1-5,10,12-14,16,22-24H,6-7,18H2,(H2,19,25)/t10-,12?,13-,14-,16-/m1/s1. The molecule has 10 heteroatoms. The molecule has 2 aliphatic heterocycles. The Morgan fingerprint density at radius 2 is 2.12 bits per heavy atom. The summed E-state index contributed by atoms with van der Waals surface area (Å²) in [6, 6.07) is 6.65. The van der Waals surface area contributed by atoms with Crippen LogP contribution in [0.5, 0.6) is 0 Å². The lowest BCUT2D eigenvalue weighted by atomic mass is 10.1. The first-order chi connectivity index (χ1) is 12.3. The fourth-order valence-corrected chi connectivity index (χ4v) is 3.83. The Labute approximate surface area is 163 Å². The van der Waals surface area contributed by atoms with Gasteiger partial charge in [0.25, 0.3) is 0 Å². The summed E-state index contributed by atoms with van der Waals surface area (Å²) in [6.45, 7) is -0.292. The quantitative estimate of drug-likeness (QED) is 0.326. The number of rotatable bonds is 5. The number of nitrogens with two attached hydrogens (primary N) is 2. The van der Waals surface area contributed by atoms with Crippen molar-refractivity contribution < 1.29 is 24.9 Å². The smallest absolute Gasteiger partial charge is 0.244 e. The number of hydrogen-bond acceptors (Lipinski definition) is 8. The Morgan fingerprint density at radius 1 is 1.38 bits per heavy atom. The molecule has 7 N–H and O–H groups in total. The number of carbonyl (C=O) groups excluding carboxylic acids is 1. The fourth-order valence-electron chi connectivity index (χ4n) is 3.26. The average Bonchev–Trinajstić information content (AvgIpc) is 3.08. The minimum absolute atomic E-state index is 0.136. The molecule has 2 aliphatic rings. The normalized spacial score (nSPS) is 29.8. The first-order valence-corrected chi connectivity index (χ1v) is 9.08. The van der Waals surface area contributed by atoms with Crippen molar-refractivity contribution in [3.63, 3.8) is 0 Å². The highest BCUT2D eigenvalue weighted by Gasteiger charge is 2.47. The van der Waals surface area contributed by atoms with Crippen LogP contribution in [-0.4, -0.2) is 68.8 Å². The van der Waals surface area contributed by atoms with Crippen molar-refractivity contribution in [2.45, 2.75) is 30.6 Å². The van der Waals surface area contributed by atoms with Crippen LogP contribution >= 0.6 is 22.6 Å². The third-order valence-corrected chi connectivity index (χ3v) is 5.21. The van der Waals surface area contributed by atoms with Crippen LogP contribution in [0.3, 0.4) is 0 Å². The van der Waals surface area contributed by atoms with Crippen LogP contribution in [0.25, 0.3) is 0 Å². The topological polar surface area (TPSA) is 146 Å². The van der Waals surface area contributed by atoms with Crippen LogP contribution in [0.4, 0.5) is 0 Å². The summed E-state index contributed by atoms with van der Waals surface area (Å²) >= 11 is 2.15. The predicted octanol–water partition coefficient (Wildman–Crippen LogP) is -1.41. The van der Waals surface area contributed by atoms with Gasteiger partial charge in [0.15, 0.2) is 6.23 Å². The van der Waals surface area contributed by atoms with E-state index in [4.69, 9.17) is 16.2 Å². The monoisotopic (exact) mass is 476 g/mol. The number of nitrogens with zero attached hydrogens (tertiary/aromatic N) is 2. The van der Waals surface area contributed by atoms with Gasteiger partial charge < -0.3 is 41.3 Å². The number of ether oxygens (including phenoxy) is 1. The molecule has 0 bridgehead atoms. The highest BCUT2D eigenvalue weighted by atomic mass is 127. The van der Waals surface area contributed by atoms with Crippen molar-refractivity contribution in [2.24, 2.45) is 11.5 Å². The van der Waals surface area contributed by atoms with Crippen molar-refractivity contribution in [2.75, 3.05) is 13.3 Å². The van der Waals surface area contributed by atoms with Gasteiger partial charge in [-0.3, -0.25) is 4.79 Å². The number of hydrogen-bond donors (Lipinski definition) is 5. The van der Waals surface area contributed by atoms with Gasteiger partial charge in [0.05, 0.1) is 13.3 Å². The maximum absolute atomic E-state index is 12.1. The van der Waals surface area contributed by atoms with Gasteiger partial charge >= 0.3 is 0 Å². The molecule has 0 aliphatic carbocycles. The minimum atomic E-state index is -1.25. The summed E-state index contributed by atoms with van der Waals surface area (Å²) in [6.07, 6.45) is -2.75. The molecule has 0 spiro atoms. The van der Waals surface area contributed by atoms with Crippen molar-refractivity contribution >= 4 is 28.5 Å². The zero-order chi connectivity index (χ0) is 19.0. The third kappa shape index (κ3) is 3.47. The molecule has 26 heavy (non-hydrogen) atoms. The van der Waals surface area contributed by atoms with E-state index in [9.17, 15) is 20.1 Å². The number of amides is 1. The van der Waals surface area contributed by atoms with Crippen LogP contribution in [0.1, 0.15) is 11.6 Å². The second kappa shape index (κ2) is 7.56. The van der Waals surface area contributed by atoms with E-state index >= 15 is 0 Å². The summed E-state index contributed by atoms with van der Waals surface area (Å²) < 4.78 is 6.47. The first-order valence-electron chi connectivity index (χ1n) is 8.00. The molecule has 0 aromatic heterocycles. The number of halogens is 1. The molecular formula is C16H21IN4O5. The second-order valence-corrected chi connectivity index (χ2v) is 7.51. The maximum Gasteiger partial charge on any atom is 0.244 e. The zero-order valence-corrected chi connectivity index (χ0v) is 15.9. The summed E-state index contributed by atoms with van der Waals surface area (Å²) in [5.41, 5.74) is 12.4. The molecule has 5 atom stereocenters. The summed E-state index contributed by atoms with van der Waals surface area (Å²) in [4.78, 5) is 15.3. The number of aliphatic hydroxyl groups is 3. The Kier molecular flexibility index (Phi) is 5.58. The molecule has 1 aromatic rings. The van der Waals surface area contributed by atoms with Crippen LogP contribution in [0, 0.1) is 3.57 Å². The van der Waals surface area contributed by atoms with Gasteiger partial charge in [0.2, 0.25) is 5.91 Å². The molecule has 1 saturated heterocycles. The molecule has 2 heterocycles. The van der Waals surface area contributed by atoms with Gasteiger partial charge in [-0.25, -0.2) is 0 Å². The average molecular weight is 476 g/mol. The molecule has 1 aromatic carbocycles. The Balaban J connectivity index is 1.82. The van der Waals surface area contributed by atoms with Gasteiger partial charge in [-0.2, -0.15) is 0 Å². The van der Waals surface area contributed by atoms with Crippen LogP contribution < -0.4 is 11.5 Å². The molecular weight excluding hydrogens is 455 g/mol. The molecule has 9 nitrogen and oxygen atoms in total. The van der Waals surface area contributed by atoms with E-state index in [1.165, 1.54) is 4.90 Å². The lowest BCUT2D eigenvalue weighted by molar-refractivity contribution is -0.124. The Bertz CT molecular complexity index is 718. The lowest BCUT2D eigenvalue weighted by Gasteiger charge is -2.32. The van der Waals surface area contributed by atoms with E-state index in [-0.39, 0.29) is 12.5 Å². The van der Waals surface area contributed by atoms with E-state index in [1.807, 2.05) is 18.2 Å². The van der Waals surface area contributed by atoms with Crippen LogP contribution in [0.2, 0.25) is 0 Å². The van der Waals surface area contributed by atoms with Gasteiger partial charge in [-0.1, -0.05) is 12.1 Å². The molecule has 1 amide bonds. The van der Waals surface area contributed by atoms with Crippen molar-refractivity contribution in [1.82, 2.24) is 9.80 Å². The number of aliphatic hydroxyl groups excluding tert-OH is 3. The van der Waals surface area contributed by atoms with Gasteiger partial charge in [0.1, 0.15) is 30.2 Å². The number of primary amides is 1. The summed E-state index contributed by atoms with van der Waals surface area (Å²) in [5.74, 6) is -0.282. The van der Waals surface area contributed by atoms with E-state index < -0.39 is 43.1 Å². The van der Waals surface area contributed by atoms with Crippen LogP contribution in [-0.2, 0) is 9.53 Å². The lowest BCUT2D eigenvalue weighted by Crippen LogP contribution is -2.46. The third-order valence-electron chi connectivity index (χ3n) is 4.54. The zero-order valence-electron chi connectivity index (χ0n) is 13.8. The van der Waals surface area contributed by atoms with E-state index in [1.54, 1.807) is 17.2 Å². The summed E-state index contributed by atoms with van der Waals surface area (Å²) in [7, 11) is 0. The predicted molar refractivity (Wildman–Crippen MR) is 99.7 cm³/mol. The van der Waals surface area contributed by atoms with Gasteiger partial charge in [-0.15, -0.1) is 0 Å². The van der Waals surface area contributed by atoms with E-state index in [2.05, 4.69) is 22.6 Å². The van der Waals surface area contributed by atoms with Crippen molar-refractivity contribution in [3.05, 3.63) is 45.4 Å². The highest BCUT2D eigenvalue weighted by molar-refractivity contribution is 14.1. The number of carbonyl (C=O) groups is 1. The van der Waals surface area contributed by atoms with Crippen molar-refractivity contribution in [1.29, 1.82) is 0 Å². The number of benzene rings is 1. The second-order valence-electron chi connectivity index (χ2n) is 6.27. The molecule has 142 valence electrons.